The van der Waals surface area contributed by atoms with Crippen LogP contribution in [0.25, 0.3) is 0 Å². The SMILES string of the molecule is C=C(N)CN(C)CC(=O)NCC(=O)OC(C)(C)C. The summed E-state index contributed by atoms with van der Waals surface area (Å²) in [7, 11) is 1.74. The Balaban J connectivity index is 3.90. The van der Waals surface area contributed by atoms with Gasteiger partial charge in [0.2, 0.25) is 5.91 Å². The predicted molar refractivity (Wildman–Crippen MR) is 69.7 cm³/mol. The van der Waals surface area contributed by atoms with Crippen molar-refractivity contribution in [2.24, 2.45) is 5.73 Å². The van der Waals surface area contributed by atoms with Crippen molar-refractivity contribution < 1.29 is 14.3 Å². The van der Waals surface area contributed by atoms with Crippen molar-refractivity contribution in [1.29, 1.82) is 0 Å². The molecule has 6 nitrogen and oxygen atoms in total. The number of nitrogens with two attached hydrogens (primary N) is 1. The second-order valence-corrected chi connectivity index (χ2v) is 5.19. The highest BCUT2D eigenvalue weighted by atomic mass is 16.6. The zero-order valence-corrected chi connectivity index (χ0v) is 11.6. The highest BCUT2D eigenvalue weighted by Crippen LogP contribution is 2.06. The van der Waals surface area contributed by atoms with Crippen molar-refractivity contribution in [2.75, 3.05) is 26.7 Å². The molecule has 0 aromatic rings. The molecule has 0 aromatic carbocycles. The number of likely N-dealkylation sites (N-methyl/N-ethyl adjacent to an activating group) is 1. The van der Waals surface area contributed by atoms with Gasteiger partial charge in [0.25, 0.3) is 0 Å². The number of nitrogens with one attached hydrogen (secondary N) is 1. The molecule has 0 rings (SSSR count). The van der Waals surface area contributed by atoms with E-state index in [1.165, 1.54) is 0 Å². The zero-order valence-electron chi connectivity index (χ0n) is 11.6. The fourth-order valence-electron chi connectivity index (χ4n) is 1.25. The van der Waals surface area contributed by atoms with Gasteiger partial charge in [0.1, 0.15) is 12.1 Å². The first kappa shape index (κ1) is 16.4. The number of rotatable bonds is 6. The summed E-state index contributed by atoms with van der Waals surface area (Å²) in [6.07, 6.45) is 0. The van der Waals surface area contributed by atoms with Gasteiger partial charge in [0.05, 0.1) is 6.54 Å². The third-order valence-corrected chi connectivity index (χ3v) is 1.74. The molecule has 0 bridgehead atoms. The highest BCUT2D eigenvalue weighted by Gasteiger charge is 2.16. The minimum absolute atomic E-state index is 0.131. The van der Waals surface area contributed by atoms with Crippen LogP contribution in [0.1, 0.15) is 20.8 Å². The van der Waals surface area contributed by atoms with E-state index in [9.17, 15) is 9.59 Å². The molecule has 0 atom stereocenters. The van der Waals surface area contributed by atoms with Gasteiger partial charge < -0.3 is 15.8 Å². The third-order valence-electron chi connectivity index (χ3n) is 1.74. The Bertz CT molecular complexity index is 321. The topological polar surface area (TPSA) is 84.7 Å². The predicted octanol–water partition coefficient (Wildman–Crippen LogP) is -0.151. The fourth-order valence-corrected chi connectivity index (χ4v) is 1.25. The lowest BCUT2D eigenvalue weighted by Crippen LogP contribution is -2.40. The van der Waals surface area contributed by atoms with Gasteiger partial charge in [-0.1, -0.05) is 6.58 Å². The van der Waals surface area contributed by atoms with Crippen LogP contribution in [0.15, 0.2) is 12.3 Å². The minimum Gasteiger partial charge on any atom is -0.459 e. The van der Waals surface area contributed by atoms with Gasteiger partial charge in [-0.3, -0.25) is 14.5 Å². The van der Waals surface area contributed by atoms with Crippen LogP contribution >= 0.6 is 0 Å². The van der Waals surface area contributed by atoms with Crippen LogP contribution in [0, 0.1) is 0 Å². The lowest BCUT2D eigenvalue weighted by Gasteiger charge is -2.20. The molecule has 1 amide bonds. The summed E-state index contributed by atoms with van der Waals surface area (Å²) < 4.78 is 5.06. The summed E-state index contributed by atoms with van der Waals surface area (Å²) in [6, 6.07) is 0. The number of hydrogen-bond acceptors (Lipinski definition) is 5. The summed E-state index contributed by atoms with van der Waals surface area (Å²) in [5.74, 6) is -0.716. The summed E-state index contributed by atoms with van der Waals surface area (Å²) in [4.78, 5) is 24.5. The maximum absolute atomic E-state index is 11.5. The first-order valence-corrected chi connectivity index (χ1v) is 5.70. The van der Waals surface area contributed by atoms with Crippen LogP contribution in [0.5, 0.6) is 0 Å². The lowest BCUT2D eigenvalue weighted by atomic mass is 10.2. The quantitative estimate of drug-likeness (QED) is 0.646. The van der Waals surface area contributed by atoms with Crippen LogP contribution in [0.3, 0.4) is 0 Å². The van der Waals surface area contributed by atoms with E-state index in [1.54, 1.807) is 32.7 Å². The molecule has 0 spiro atoms. The van der Waals surface area contributed by atoms with E-state index in [1.807, 2.05) is 0 Å². The monoisotopic (exact) mass is 257 g/mol. The van der Waals surface area contributed by atoms with Gasteiger partial charge in [-0.15, -0.1) is 0 Å². The molecule has 0 saturated heterocycles. The standard InChI is InChI=1S/C12H23N3O3/c1-9(13)7-15(5)8-10(16)14-6-11(17)18-12(2,3)4/h1,6-8,13H2,2-5H3,(H,14,16). The van der Waals surface area contributed by atoms with Gasteiger partial charge >= 0.3 is 5.97 Å². The number of ether oxygens (including phenoxy) is 1. The highest BCUT2D eigenvalue weighted by molar-refractivity contribution is 5.83. The molecule has 0 heterocycles. The van der Waals surface area contributed by atoms with E-state index >= 15 is 0 Å². The largest absolute Gasteiger partial charge is 0.459 e. The van der Waals surface area contributed by atoms with Gasteiger partial charge in [-0.25, -0.2) is 0 Å². The van der Waals surface area contributed by atoms with Crippen molar-refractivity contribution in [3.8, 4) is 0 Å². The number of carbonyl (C=O) groups excluding carboxylic acids is 2. The molecule has 0 aliphatic heterocycles. The molecule has 0 unspecified atom stereocenters. The Labute approximate surface area is 108 Å². The second kappa shape index (κ2) is 7.00. The van der Waals surface area contributed by atoms with Crippen molar-refractivity contribution >= 4 is 11.9 Å². The van der Waals surface area contributed by atoms with E-state index in [2.05, 4.69) is 11.9 Å². The summed E-state index contributed by atoms with van der Waals surface area (Å²) >= 11 is 0. The summed E-state index contributed by atoms with van der Waals surface area (Å²) in [6.45, 7) is 9.31. The average molecular weight is 257 g/mol. The normalized spacial score (nSPS) is 11.2. The Morgan fingerprint density at radius 3 is 2.33 bits per heavy atom. The van der Waals surface area contributed by atoms with Gasteiger partial charge in [-0.2, -0.15) is 0 Å². The summed E-state index contributed by atoms with van der Waals surface area (Å²) in [5.41, 5.74) is 5.36. The van der Waals surface area contributed by atoms with Crippen molar-refractivity contribution in [3.05, 3.63) is 12.3 Å². The number of hydrogen-bond donors (Lipinski definition) is 2. The lowest BCUT2D eigenvalue weighted by molar-refractivity contribution is -0.154. The van der Waals surface area contributed by atoms with Crippen LogP contribution < -0.4 is 11.1 Å². The minimum atomic E-state index is -0.546. The molecule has 0 fully saturated rings. The number of esters is 1. The Morgan fingerprint density at radius 2 is 1.89 bits per heavy atom. The molecule has 0 aromatic heterocycles. The van der Waals surface area contributed by atoms with Gasteiger partial charge in [0, 0.05) is 12.2 Å². The number of amides is 1. The molecule has 0 radical (unpaired) electrons. The smallest absolute Gasteiger partial charge is 0.325 e. The van der Waals surface area contributed by atoms with Crippen molar-refractivity contribution in [3.63, 3.8) is 0 Å². The zero-order chi connectivity index (χ0) is 14.3. The Morgan fingerprint density at radius 1 is 1.33 bits per heavy atom. The first-order valence-electron chi connectivity index (χ1n) is 5.70. The third kappa shape index (κ3) is 9.65. The van der Waals surface area contributed by atoms with Crippen LogP contribution in [0.2, 0.25) is 0 Å². The molecule has 18 heavy (non-hydrogen) atoms. The molecular weight excluding hydrogens is 234 g/mol. The van der Waals surface area contributed by atoms with Crippen LogP contribution in [-0.2, 0) is 14.3 Å². The molecule has 0 aliphatic carbocycles. The van der Waals surface area contributed by atoms with Crippen LogP contribution in [-0.4, -0.2) is 49.1 Å². The maximum atomic E-state index is 11.5. The maximum Gasteiger partial charge on any atom is 0.325 e. The Hall–Kier alpha value is -1.56. The van der Waals surface area contributed by atoms with E-state index in [-0.39, 0.29) is 19.0 Å². The fraction of sp³-hybridized carbons (Fsp3) is 0.667. The van der Waals surface area contributed by atoms with E-state index < -0.39 is 11.6 Å². The molecule has 104 valence electrons. The average Bonchev–Trinajstić information content (AvgIpc) is 2.10. The molecule has 0 aliphatic rings. The van der Waals surface area contributed by atoms with E-state index in [0.29, 0.717) is 12.2 Å². The van der Waals surface area contributed by atoms with Gasteiger partial charge in [-0.05, 0) is 27.8 Å². The Kier molecular flexibility index (Phi) is 6.40. The van der Waals surface area contributed by atoms with E-state index in [0.717, 1.165) is 0 Å². The second-order valence-electron chi connectivity index (χ2n) is 5.19. The molecule has 0 saturated carbocycles. The number of nitrogens with zero attached hydrogens (tertiary/aromatic N) is 1. The first-order chi connectivity index (χ1) is 8.10. The van der Waals surface area contributed by atoms with Crippen molar-refractivity contribution in [2.45, 2.75) is 26.4 Å². The van der Waals surface area contributed by atoms with Crippen LogP contribution in [0.4, 0.5) is 0 Å². The van der Waals surface area contributed by atoms with Crippen molar-refractivity contribution in [1.82, 2.24) is 10.2 Å². The molecule has 6 heteroatoms. The number of carbonyl (C=O) groups is 2. The molecule has 3 N–H and O–H groups in total. The molecular formula is C12H23N3O3. The van der Waals surface area contributed by atoms with E-state index in [4.69, 9.17) is 10.5 Å². The van der Waals surface area contributed by atoms with Gasteiger partial charge in [0.15, 0.2) is 0 Å². The summed E-state index contributed by atoms with van der Waals surface area (Å²) in [5, 5.41) is 2.48.